The molecule has 0 saturated carbocycles. The molecule has 0 aliphatic rings. The van der Waals surface area contributed by atoms with E-state index in [1.807, 2.05) is 0 Å². The third-order valence-electron chi connectivity index (χ3n) is 1.71. The van der Waals surface area contributed by atoms with Gasteiger partial charge in [-0.2, -0.15) is 0 Å². The van der Waals surface area contributed by atoms with Gasteiger partial charge in [0.05, 0.1) is 6.42 Å². The molecule has 1 heterocycles. The van der Waals surface area contributed by atoms with E-state index >= 15 is 0 Å². The van der Waals surface area contributed by atoms with Crippen LogP contribution in [0.3, 0.4) is 0 Å². The van der Waals surface area contributed by atoms with Gasteiger partial charge in [0.15, 0.2) is 0 Å². The number of carboxylic acids is 1. The third-order valence-corrected chi connectivity index (χ3v) is 1.71. The Morgan fingerprint density at radius 3 is 3.00 bits per heavy atom. The van der Waals surface area contributed by atoms with Gasteiger partial charge >= 0.3 is 11.8 Å². The molecule has 1 atom stereocenters. The standard InChI is InChI=1S/C9H10N2O5/c1-6(5-8(12)13)16-7-3-2-4-10-9(7)11(14)15/h2-4,6H,5H2,1H3,(H,12,13)/t6-/m1/s1. The number of rotatable bonds is 5. The van der Waals surface area contributed by atoms with Gasteiger partial charge in [-0.3, -0.25) is 4.79 Å². The molecule has 16 heavy (non-hydrogen) atoms. The highest BCUT2D eigenvalue weighted by Gasteiger charge is 2.18. The summed E-state index contributed by atoms with van der Waals surface area (Å²) >= 11 is 0. The largest absolute Gasteiger partial charge is 0.482 e. The first kappa shape index (κ1) is 11.9. The highest BCUT2D eigenvalue weighted by Crippen LogP contribution is 2.24. The minimum absolute atomic E-state index is 0.0266. The number of nitrogens with zero attached hydrogens (tertiary/aromatic N) is 2. The summed E-state index contributed by atoms with van der Waals surface area (Å²) in [5.41, 5.74) is 0. The van der Waals surface area contributed by atoms with Crippen LogP contribution in [0.25, 0.3) is 0 Å². The summed E-state index contributed by atoms with van der Waals surface area (Å²) in [5, 5.41) is 19.1. The summed E-state index contributed by atoms with van der Waals surface area (Å²) < 4.78 is 5.13. The number of pyridine rings is 1. The second-order valence-corrected chi connectivity index (χ2v) is 3.11. The first-order valence-corrected chi connectivity index (χ1v) is 4.48. The third kappa shape index (κ3) is 3.19. The molecule has 1 aromatic rings. The smallest absolute Gasteiger partial charge is 0.406 e. The SMILES string of the molecule is C[C@H](CC(=O)O)Oc1cccnc1[N+](=O)[O-]. The quantitative estimate of drug-likeness (QED) is 0.598. The number of ether oxygens (including phenoxy) is 1. The number of carbonyl (C=O) groups is 1. The number of nitro groups is 1. The van der Waals surface area contributed by atoms with Gasteiger partial charge in [-0.05, 0) is 29.0 Å². The zero-order chi connectivity index (χ0) is 12.1. The van der Waals surface area contributed by atoms with Gasteiger partial charge < -0.3 is 20.0 Å². The van der Waals surface area contributed by atoms with E-state index in [0.717, 1.165) is 0 Å². The Morgan fingerprint density at radius 2 is 2.44 bits per heavy atom. The van der Waals surface area contributed by atoms with Crippen molar-refractivity contribution >= 4 is 11.8 Å². The molecule has 0 spiro atoms. The Labute approximate surface area is 90.8 Å². The fourth-order valence-electron chi connectivity index (χ4n) is 1.12. The zero-order valence-corrected chi connectivity index (χ0v) is 8.49. The summed E-state index contributed by atoms with van der Waals surface area (Å²) in [4.78, 5) is 23.8. The molecule has 7 nitrogen and oxygen atoms in total. The average molecular weight is 226 g/mol. The minimum atomic E-state index is -1.03. The van der Waals surface area contributed by atoms with Crippen molar-refractivity contribution in [2.75, 3.05) is 0 Å². The Morgan fingerprint density at radius 1 is 1.75 bits per heavy atom. The molecule has 0 aromatic carbocycles. The molecule has 1 N–H and O–H groups in total. The molecule has 1 aromatic heterocycles. The summed E-state index contributed by atoms with van der Waals surface area (Å²) in [7, 11) is 0. The first-order chi connectivity index (χ1) is 7.50. The highest BCUT2D eigenvalue weighted by atomic mass is 16.6. The number of hydrogen-bond donors (Lipinski definition) is 1. The second-order valence-electron chi connectivity index (χ2n) is 3.11. The van der Waals surface area contributed by atoms with Gasteiger partial charge in [-0.15, -0.1) is 0 Å². The van der Waals surface area contributed by atoms with Gasteiger partial charge in [0, 0.05) is 0 Å². The van der Waals surface area contributed by atoms with E-state index in [0.29, 0.717) is 0 Å². The summed E-state index contributed by atoms with van der Waals surface area (Å²) in [6, 6.07) is 2.86. The van der Waals surface area contributed by atoms with Crippen LogP contribution >= 0.6 is 0 Å². The fourth-order valence-corrected chi connectivity index (χ4v) is 1.12. The zero-order valence-electron chi connectivity index (χ0n) is 8.49. The van der Waals surface area contributed by atoms with Crippen molar-refractivity contribution < 1.29 is 19.6 Å². The van der Waals surface area contributed by atoms with Crippen molar-refractivity contribution in [1.82, 2.24) is 4.98 Å². The van der Waals surface area contributed by atoms with Gasteiger partial charge in [-0.1, -0.05) is 0 Å². The fraction of sp³-hybridized carbons (Fsp3) is 0.333. The van der Waals surface area contributed by atoms with Gasteiger partial charge in [0.25, 0.3) is 0 Å². The highest BCUT2D eigenvalue weighted by molar-refractivity contribution is 5.67. The van der Waals surface area contributed by atoms with Crippen molar-refractivity contribution in [3.8, 4) is 5.75 Å². The van der Waals surface area contributed by atoms with E-state index in [4.69, 9.17) is 9.84 Å². The lowest BCUT2D eigenvalue weighted by Crippen LogP contribution is -2.17. The molecule has 86 valence electrons. The van der Waals surface area contributed by atoms with Crippen molar-refractivity contribution in [1.29, 1.82) is 0 Å². The molecule has 0 aliphatic carbocycles. The molecule has 0 saturated heterocycles. The van der Waals surface area contributed by atoms with Crippen LogP contribution in [-0.4, -0.2) is 27.1 Å². The first-order valence-electron chi connectivity index (χ1n) is 4.48. The Balaban J connectivity index is 2.80. The van der Waals surface area contributed by atoms with Crippen LogP contribution in [0.1, 0.15) is 13.3 Å². The average Bonchev–Trinajstić information content (AvgIpc) is 2.16. The molecule has 0 fully saturated rings. The van der Waals surface area contributed by atoms with E-state index < -0.39 is 22.8 Å². The van der Waals surface area contributed by atoms with Gasteiger partial charge in [-0.25, -0.2) is 0 Å². The van der Waals surface area contributed by atoms with E-state index in [-0.39, 0.29) is 12.2 Å². The topological polar surface area (TPSA) is 103 Å². The number of hydrogen-bond acceptors (Lipinski definition) is 5. The molecule has 0 amide bonds. The monoisotopic (exact) mass is 226 g/mol. The summed E-state index contributed by atoms with van der Waals surface area (Å²) in [6.45, 7) is 1.52. The van der Waals surface area contributed by atoms with Gasteiger partial charge in [0.1, 0.15) is 12.3 Å². The Hall–Kier alpha value is -2.18. The summed E-state index contributed by atoms with van der Waals surface area (Å²) in [5.74, 6) is -1.47. The van der Waals surface area contributed by atoms with E-state index in [1.165, 1.54) is 25.3 Å². The predicted octanol–water partition coefficient (Wildman–Crippen LogP) is 1.23. The Kier molecular flexibility index (Phi) is 3.76. The molecule has 0 radical (unpaired) electrons. The molecule has 7 heteroatoms. The maximum Gasteiger partial charge on any atom is 0.406 e. The number of aliphatic carboxylic acids is 1. The maximum atomic E-state index is 10.6. The van der Waals surface area contributed by atoms with Crippen LogP contribution in [-0.2, 0) is 4.79 Å². The van der Waals surface area contributed by atoms with Crippen molar-refractivity contribution in [3.63, 3.8) is 0 Å². The molecule has 0 aliphatic heterocycles. The van der Waals surface area contributed by atoms with Crippen LogP contribution in [0.5, 0.6) is 5.75 Å². The molecular formula is C9H10N2O5. The predicted molar refractivity (Wildman–Crippen MR) is 53.2 cm³/mol. The lowest BCUT2D eigenvalue weighted by atomic mass is 10.3. The molecular weight excluding hydrogens is 216 g/mol. The van der Waals surface area contributed by atoms with E-state index in [9.17, 15) is 14.9 Å². The minimum Gasteiger partial charge on any atom is -0.482 e. The van der Waals surface area contributed by atoms with Crippen LogP contribution in [0.4, 0.5) is 5.82 Å². The normalized spacial score (nSPS) is 11.8. The van der Waals surface area contributed by atoms with Crippen molar-refractivity contribution in [2.24, 2.45) is 0 Å². The van der Waals surface area contributed by atoms with Gasteiger partial charge in [0.2, 0.25) is 5.75 Å². The van der Waals surface area contributed by atoms with Crippen LogP contribution < -0.4 is 4.74 Å². The van der Waals surface area contributed by atoms with E-state index in [2.05, 4.69) is 4.98 Å². The lowest BCUT2D eigenvalue weighted by molar-refractivity contribution is -0.390. The number of aromatic nitrogens is 1. The molecule has 0 bridgehead atoms. The Bertz CT molecular complexity index is 407. The second kappa shape index (κ2) is 5.06. The van der Waals surface area contributed by atoms with E-state index in [1.54, 1.807) is 0 Å². The number of carboxylic acid groups (broad SMARTS) is 1. The van der Waals surface area contributed by atoms with Crippen molar-refractivity contribution in [3.05, 3.63) is 28.4 Å². The maximum absolute atomic E-state index is 10.6. The van der Waals surface area contributed by atoms with Crippen LogP contribution in [0, 0.1) is 10.1 Å². The van der Waals surface area contributed by atoms with Crippen LogP contribution in [0.15, 0.2) is 18.3 Å². The molecule has 0 unspecified atom stereocenters. The van der Waals surface area contributed by atoms with Crippen molar-refractivity contribution in [2.45, 2.75) is 19.4 Å². The van der Waals surface area contributed by atoms with Crippen LogP contribution in [0.2, 0.25) is 0 Å². The lowest BCUT2D eigenvalue weighted by Gasteiger charge is -2.11. The summed E-state index contributed by atoms with van der Waals surface area (Å²) in [6.07, 6.45) is 0.388. The molecule has 1 rings (SSSR count).